The molecular formula is C22H18ClN3O2S3. The van der Waals surface area contributed by atoms with Crippen LogP contribution < -0.4 is 5.32 Å². The highest BCUT2D eigenvalue weighted by Crippen LogP contribution is 2.33. The largest absolute Gasteiger partial charge is 0.302 e. The zero-order valence-electron chi connectivity index (χ0n) is 16.6. The zero-order valence-corrected chi connectivity index (χ0v) is 19.8. The van der Waals surface area contributed by atoms with E-state index in [1.165, 1.54) is 23.1 Å². The van der Waals surface area contributed by atoms with Crippen LogP contribution in [0.4, 0.5) is 5.13 Å². The van der Waals surface area contributed by atoms with Gasteiger partial charge in [0.15, 0.2) is 5.13 Å². The predicted octanol–water partition coefficient (Wildman–Crippen LogP) is 5.88. The summed E-state index contributed by atoms with van der Waals surface area (Å²) in [6.45, 7) is 2.42. The number of aryl methyl sites for hydroxylation is 1. The average molecular weight is 488 g/mol. The number of fused-ring (bicyclic) bond motifs is 1. The number of hydrogen-bond donors (Lipinski definition) is 1. The van der Waals surface area contributed by atoms with E-state index in [4.69, 9.17) is 23.8 Å². The Morgan fingerprint density at radius 1 is 1.26 bits per heavy atom. The van der Waals surface area contributed by atoms with Crippen molar-refractivity contribution in [2.24, 2.45) is 0 Å². The number of thiocarbonyl (C=S) groups is 1. The average Bonchev–Trinajstić information content (AvgIpc) is 3.24. The highest BCUT2D eigenvalue weighted by atomic mass is 35.5. The van der Waals surface area contributed by atoms with Gasteiger partial charge in [0.05, 0.1) is 15.1 Å². The number of carbonyl (C=O) groups is 2. The van der Waals surface area contributed by atoms with Crippen molar-refractivity contribution in [2.75, 3.05) is 11.9 Å². The smallest absolute Gasteiger partial charge is 0.266 e. The second kappa shape index (κ2) is 9.48. The lowest BCUT2D eigenvalue weighted by molar-refractivity contribution is -0.122. The molecule has 0 spiro atoms. The van der Waals surface area contributed by atoms with Crippen LogP contribution in [0.3, 0.4) is 0 Å². The van der Waals surface area contributed by atoms with Crippen LogP contribution in [0.2, 0.25) is 5.02 Å². The number of thioether (sulfide) groups is 1. The fourth-order valence-corrected chi connectivity index (χ4v) is 5.48. The Balaban J connectivity index is 1.31. The Bertz CT molecular complexity index is 1200. The lowest BCUT2D eigenvalue weighted by Crippen LogP contribution is -2.29. The fourth-order valence-electron chi connectivity index (χ4n) is 3.07. The molecule has 9 heteroatoms. The van der Waals surface area contributed by atoms with E-state index in [2.05, 4.69) is 16.4 Å². The van der Waals surface area contributed by atoms with Gasteiger partial charge in [0.1, 0.15) is 4.32 Å². The van der Waals surface area contributed by atoms with Crippen molar-refractivity contribution in [3.05, 3.63) is 63.5 Å². The molecular weight excluding hydrogens is 470 g/mol. The summed E-state index contributed by atoms with van der Waals surface area (Å²) in [7, 11) is 0. The summed E-state index contributed by atoms with van der Waals surface area (Å²) in [5.41, 5.74) is 2.91. The molecule has 1 aliphatic rings. The number of thiazole rings is 1. The molecule has 1 aromatic heterocycles. The van der Waals surface area contributed by atoms with E-state index in [9.17, 15) is 9.59 Å². The van der Waals surface area contributed by atoms with Crippen molar-refractivity contribution >= 4 is 84.5 Å². The standard InChI is InChI=1S/C22H18ClN3O2S3/c1-13-4-9-16-17(11-13)30-21(24-16)25-19(27)3-2-10-26-20(28)18(31-22(26)29)12-14-5-7-15(23)8-6-14/h4-9,11-12H,2-3,10H2,1H3,(H,24,25,27)/b18-12-. The zero-order chi connectivity index (χ0) is 22.0. The molecule has 2 heterocycles. The molecule has 0 unspecified atom stereocenters. The monoisotopic (exact) mass is 487 g/mol. The van der Waals surface area contributed by atoms with Crippen LogP contribution in [0.1, 0.15) is 24.0 Å². The number of aromatic nitrogens is 1. The fraction of sp³-hybridized carbons (Fsp3) is 0.182. The number of halogens is 1. The van der Waals surface area contributed by atoms with Crippen LogP contribution in [-0.4, -0.2) is 32.6 Å². The van der Waals surface area contributed by atoms with Crippen LogP contribution in [0.15, 0.2) is 47.4 Å². The summed E-state index contributed by atoms with van der Waals surface area (Å²) >= 11 is 14.0. The molecule has 1 N–H and O–H groups in total. The lowest BCUT2D eigenvalue weighted by Gasteiger charge is -2.13. The molecule has 0 bridgehead atoms. The second-order valence-corrected chi connectivity index (χ2v) is 10.2. The minimum absolute atomic E-state index is 0.127. The predicted molar refractivity (Wildman–Crippen MR) is 134 cm³/mol. The van der Waals surface area contributed by atoms with E-state index >= 15 is 0 Å². The molecule has 2 amide bonds. The van der Waals surface area contributed by atoms with Gasteiger partial charge >= 0.3 is 0 Å². The number of nitrogens with zero attached hydrogens (tertiary/aromatic N) is 2. The molecule has 1 aliphatic heterocycles. The highest BCUT2D eigenvalue weighted by molar-refractivity contribution is 8.26. The van der Waals surface area contributed by atoms with E-state index < -0.39 is 0 Å². The highest BCUT2D eigenvalue weighted by Gasteiger charge is 2.31. The third kappa shape index (κ3) is 5.33. The van der Waals surface area contributed by atoms with Crippen LogP contribution in [0.5, 0.6) is 0 Å². The van der Waals surface area contributed by atoms with Crippen LogP contribution in [0.25, 0.3) is 16.3 Å². The van der Waals surface area contributed by atoms with Crippen molar-refractivity contribution in [3.63, 3.8) is 0 Å². The Hall–Kier alpha value is -2.26. The summed E-state index contributed by atoms with van der Waals surface area (Å²) < 4.78 is 1.55. The first kappa shape index (κ1) is 22.0. The van der Waals surface area contributed by atoms with Gasteiger partial charge in [-0.15, -0.1) is 0 Å². The molecule has 1 fully saturated rings. The van der Waals surface area contributed by atoms with Gasteiger partial charge in [-0.1, -0.05) is 65.1 Å². The Kier molecular flexibility index (Phi) is 6.71. The molecule has 158 valence electrons. The van der Waals surface area contributed by atoms with Crippen molar-refractivity contribution in [1.29, 1.82) is 0 Å². The Labute approximate surface area is 198 Å². The molecule has 2 aromatic carbocycles. The number of nitrogens with one attached hydrogen (secondary N) is 1. The van der Waals surface area contributed by atoms with Crippen molar-refractivity contribution in [1.82, 2.24) is 9.88 Å². The summed E-state index contributed by atoms with van der Waals surface area (Å²) in [6.07, 6.45) is 2.59. The van der Waals surface area contributed by atoms with E-state index in [0.717, 1.165) is 21.3 Å². The maximum absolute atomic E-state index is 12.7. The first-order valence-electron chi connectivity index (χ1n) is 9.57. The third-order valence-electron chi connectivity index (χ3n) is 4.62. The number of anilines is 1. The van der Waals surface area contributed by atoms with Gasteiger partial charge in [-0.3, -0.25) is 14.5 Å². The van der Waals surface area contributed by atoms with Gasteiger partial charge in [0, 0.05) is 18.0 Å². The molecule has 0 radical (unpaired) electrons. The quantitative estimate of drug-likeness (QED) is 0.347. The number of amides is 2. The van der Waals surface area contributed by atoms with Crippen LogP contribution in [-0.2, 0) is 9.59 Å². The molecule has 0 saturated carbocycles. The minimum Gasteiger partial charge on any atom is -0.302 e. The summed E-state index contributed by atoms with van der Waals surface area (Å²) in [5, 5.41) is 4.08. The van der Waals surface area contributed by atoms with Gasteiger partial charge in [-0.2, -0.15) is 0 Å². The Morgan fingerprint density at radius 2 is 2.03 bits per heavy atom. The number of carbonyl (C=O) groups excluding carboxylic acids is 2. The van der Waals surface area contributed by atoms with E-state index in [-0.39, 0.29) is 18.2 Å². The molecule has 0 atom stereocenters. The van der Waals surface area contributed by atoms with Gasteiger partial charge in [-0.05, 0) is 54.8 Å². The summed E-state index contributed by atoms with van der Waals surface area (Å²) in [4.78, 5) is 31.6. The Morgan fingerprint density at radius 3 is 2.81 bits per heavy atom. The van der Waals surface area contributed by atoms with Crippen molar-refractivity contribution in [2.45, 2.75) is 19.8 Å². The normalized spacial score (nSPS) is 15.3. The van der Waals surface area contributed by atoms with Gasteiger partial charge in [0.2, 0.25) is 5.91 Å². The maximum atomic E-state index is 12.7. The van der Waals surface area contributed by atoms with E-state index in [0.29, 0.717) is 32.3 Å². The number of hydrogen-bond acceptors (Lipinski definition) is 6. The van der Waals surface area contributed by atoms with Crippen LogP contribution >= 0.6 is 46.9 Å². The van der Waals surface area contributed by atoms with Gasteiger partial charge < -0.3 is 5.32 Å². The van der Waals surface area contributed by atoms with E-state index in [1.807, 2.05) is 31.2 Å². The SMILES string of the molecule is Cc1ccc2nc(NC(=O)CCCN3C(=O)/C(=C/c4ccc(Cl)cc4)SC3=S)sc2c1. The van der Waals surface area contributed by atoms with Gasteiger partial charge in [-0.25, -0.2) is 4.98 Å². The molecule has 0 aliphatic carbocycles. The first-order valence-corrected chi connectivity index (χ1v) is 12.0. The third-order valence-corrected chi connectivity index (χ3v) is 7.18. The molecule has 1 saturated heterocycles. The molecule has 31 heavy (non-hydrogen) atoms. The second-order valence-electron chi connectivity index (χ2n) is 7.03. The minimum atomic E-state index is -0.132. The number of benzene rings is 2. The maximum Gasteiger partial charge on any atom is 0.266 e. The number of rotatable bonds is 6. The molecule has 5 nitrogen and oxygen atoms in total. The van der Waals surface area contributed by atoms with E-state index in [1.54, 1.807) is 23.1 Å². The van der Waals surface area contributed by atoms with Crippen molar-refractivity contribution < 1.29 is 9.59 Å². The van der Waals surface area contributed by atoms with Crippen molar-refractivity contribution in [3.8, 4) is 0 Å². The van der Waals surface area contributed by atoms with Gasteiger partial charge in [0.25, 0.3) is 5.91 Å². The lowest BCUT2D eigenvalue weighted by atomic mass is 10.2. The molecule has 3 aromatic rings. The summed E-state index contributed by atoms with van der Waals surface area (Å²) in [5.74, 6) is -0.259. The first-order chi connectivity index (χ1) is 14.9. The summed E-state index contributed by atoms with van der Waals surface area (Å²) in [6, 6.07) is 13.3. The topological polar surface area (TPSA) is 62.3 Å². The van der Waals surface area contributed by atoms with Crippen LogP contribution in [0, 0.1) is 6.92 Å². The molecule has 4 rings (SSSR count).